The average Bonchev–Trinajstić information content (AvgIpc) is 3.30. The molecule has 1 fully saturated rings. The minimum absolute atomic E-state index is 0.0395. The number of non-ortho nitro benzene ring substituents is 1. The number of fused-ring (bicyclic) bond motifs is 1. The number of benzene rings is 1. The number of nitro benzene ring substituents is 1. The summed E-state index contributed by atoms with van der Waals surface area (Å²) in [6, 6.07) is 3.07. The Balaban J connectivity index is 1.73. The van der Waals surface area contributed by atoms with Crippen LogP contribution >= 0.6 is 0 Å². The second-order valence-corrected chi connectivity index (χ2v) is 7.87. The Morgan fingerprint density at radius 3 is 2.71 bits per heavy atom. The van der Waals surface area contributed by atoms with Gasteiger partial charge in [-0.25, -0.2) is 9.97 Å². The van der Waals surface area contributed by atoms with E-state index in [2.05, 4.69) is 15.3 Å². The molecule has 2 aromatic heterocycles. The van der Waals surface area contributed by atoms with Crippen molar-refractivity contribution in [3.63, 3.8) is 0 Å². The van der Waals surface area contributed by atoms with E-state index in [1.807, 2.05) is 0 Å². The number of alkyl halides is 3. The van der Waals surface area contributed by atoms with Gasteiger partial charge in [-0.15, -0.1) is 0 Å². The van der Waals surface area contributed by atoms with Gasteiger partial charge in [-0.3, -0.25) is 19.5 Å². The van der Waals surface area contributed by atoms with Crippen LogP contribution in [0.25, 0.3) is 11.0 Å². The van der Waals surface area contributed by atoms with E-state index in [-0.39, 0.29) is 28.9 Å². The number of nitrogens with one attached hydrogen (secondary N) is 1. The van der Waals surface area contributed by atoms with Crippen molar-refractivity contribution in [2.75, 3.05) is 18.5 Å². The summed E-state index contributed by atoms with van der Waals surface area (Å²) in [5, 5.41) is 14.6. The molecule has 1 aromatic carbocycles. The number of aryl methyl sites for hydroxylation is 1. The summed E-state index contributed by atoms with van der Waals surface area (Å²) < 4.78 is 52.2. The molecule has 2 atom stereocenters. The van der Waals surface area contributed by atoms with Crippen LogP contribution in [0.5, 0.6) is 5.75 Å². The lowest BCUT2D eigenvalue weighted by molar-refractivity contribution is -0.385. The molecule has 3 aromatic rings. The molecular formula is C21H20F3N5O5. The predicted octanol–water partition coefficient (Wildman–Crippen LogP) is 3.60. The Labute approximate surface area is 190 Å². The third kappa shape index (κ3) is 4.64. The van der Waals surface area contributed by atoms with Crippen molar-refractivity contribution in [1.82, 2.24) is 14.5 Å². The fraction of sp³-hybridized carbons (Fsp3) is 0.381. The zero-order valence-corrected chi connectivity index (χ0v) is 18.1. The van der Waals surface area contributed by atoms with Crippen molar-refractivity contribution in [2.24, 2.45) is 7.05 Å². The lowest BCUT2D eigenvalue weighted by Gasteiger charge is -2.19. The number of nitrogens with zero attached hydrogens (tertiary/aromatic N) is 4. The van der Waals surface area contributed by atoms with Gasteiger partial charge in [0.2, 0.25) is 0 Å². The summed E-state index contributed by atoms with van der Waals surface area (Å²) in [5.74, 6) is 0.284. The highest BCUT2D eigenvalue weighted by molar-refractivity contribution is 5.87. The molecule has 10 nitrogen and oxygen atoms in total. The Hall–Kier alpha value is -3.74. The Morgan fingerprint density at radius 2 is 2.06 bits per heavy atom. The van der Waals surface area contributed by atoms with Gasteiger partial charge in [-0.1, -0.05) is 0 Å². The van der Waals surface area contributed by atoms with Gasteiger partial charge in [0.15, 0.2) is 5.75 Å². The summed E-state index contributed by atoms with van der Waals surface area (Å²) in [5.41, 5.74) is -1.90. The average molecular weight is 479 g/mol. The summed E-state index contributed by atoms with van der Waals surface area (Å²) in [7, 11) is 1.51. The zero-order valence-electron chi connectivity index (χ0n) is 18.1. The molecule has 0 unspecified atom stereocenters. The summed E-state index contributed by atoms with van der Waals surface area (Å²) >= 11 is 0. The van der Waals surface area contributed by atoms with E-state index in [1.165, 1.54) is 24.0 Å². The highest BCUT2D eigenvalue weighted by Crippen LogP contribution is 2.35. The van der Waals surface area contributed by atoms with Gasteiger partial charge < -0.3 is 14.8 Å². The third-order valence-electron chi connectivity index (χ3n) is 5.48. The summed E-state index contributed by atoms with van der Waals surface area (Å²) in [6.07, 6.45) is -3.20. The van der Waals surface area contributed by atoms with Gasteiger partial charge in [0.25, 0.3) is 11.2 Å². The molecule has 0 amide bonds. The standard InChI is InChI=1S/C21H20F3N5O5/c1-11(12-5-13(21(22,23)24)7-14(6-12)29(31)32)27-18-16-8-17(34-15-3-4-33-9-15)20(30)28(2)19(16)26-10-25-18/h5-8,10-11,15H,3-4,9H2,1-2H3,(H,25,26,27)/t11-,15+/m1/s1. The first-order valence-electron chi connectivity index (χ1n) is 10.3. The van der Waals surface area contributed by atoms with Crippen LogP contribution in [0.15, 0.2) is 35.4 Å². The molecule has 13 heteroatoms. The largest absolute Gasteiger partial charge is 0.482 e. The third-order valence-corrected chi connectivity index (χ3v) is 5.48. The Bertz CT molecular complexity index is 1300. The predicted molar refractivity (Wildman–Crippen MR) is 115 cm³/mol. The molecule has 180 valence electrons. The molecule has 0 spiro atoms. The van der Waals surface area contributed by atoms with Crippen LogP contribution in [-0.2, 0) is 18.0 Å². The second kappa shape index (κ2) is 8.89. The van der Waals surface area contributed by atoms with E-state index in [0.29, 0.717) is 31.1 Å². The molecular weight excluding hydrogens is 459 g/mol. The summed E-state index contributed by atoms with van der Waals surface area (Å²) in [6.45, 7) is 2.42. The van der Waals surface area contributed by atoms with Gasteiger partial charge >= 0.3 is 6.18 Å². The van der Waals surface area contributed by atoms with Gasteiger partial charge in [-0.2, -0.15) is 13.2 Å². The SMILES string of the molecule is C[C@@H](Nc1ncnc2c1cc(O[C@H]1CCOC1)c(=O)n2C)c1cc([N+](=O)[O-])cc(C(F)(F)F)c1. The number of ether oxygens (including phenoxy) is 2. The van der Waals surface area contributed by atoms with Gasteiger partial charge in [0.05, 0.1) is 35.1 Å². The zero-order chi connectivity index (χ0) is 24.6. The topological polar surface area (TPSA) is 121 Å². The highest BCUT2D eigenvalue weighted by atomic mass is 19.4. The van der Waals surface area contributed by atoms with Crippen LogP contribution in [0, 0.1) is 10.1 Å². The molecule has 34 heavy (non-hydrogen) atoms. The van der Waals surface area contributed by atoms with E-state index in [4.69, 9.17) is 9.47 Å². The maximum Gasteiger partial charge on any atom is 0.416 e. The van der Waals surface area contributed by atoms with E-state index < -0.39 is 34.0 Å². The molecule has 0 aliphatic carbocycles. The second-order valence-electron chi connectivity index (χ2n) is 7.87. The number of pyridine rings is 1. The van der Waals surface area contributed by atoms with E-state index in [0.717, 1.165) is 12.1 Å². The van der Waals surface area contributed by atoms with Gasteiger partial charge in [0.1, 0.15) is 23.9 Å². The number of halogens is 3. The van der Waals surface area contributed by atoms with Crippen LogP contribution in [0.2, 0.25) is 0 Å². The molecule has 0 saturated carbocycles. The van der Waals surface area contributed by atoms with Crippen molar-refractivity contribution in [3.8, 4) is 5.75 Å². The molecule has 3 heterocycles. The normalized spacial score (nSPS) is 17.0. The maximum atomic E-state index is 13.3. The fourth-order valence-corrected chi connectivity index (χ4v) is 3.67. The fourth-order valence-electron chi connectivity index (χ4n) is 3.67. The molecule has 4 rings (SSSR count). The van der Waals surface area contributed by atoms with Crippen LogP contribution in [0.4, 0.5) is 24.7 Å². The van der Waals surface area contributed by atoms with E-state index in [9.17, 15) is 28.1 Å². The first-order valence-corrected chi connectivity index (χ1v) is 10.3. The van der Waals surface area contributed by atoms with Crippen molar-refractivity contribution in [2.45, 2.75) is 31.7 Å². The van der Waals surface area contributed by atoms with Crippen LogP contribution in [-0.4, -0.2) is 38.8 Å². The Kier molecular flexibility index (Phi) is 6.13. The van der Waals surface area contributed by atoms with E-state index >= 15 is 0 Å². The number of hydrogen-bond donors (Lipinski definition) is 1. The highest BCUT2D eigenvalue weighted by Gasteiger charge is 2.33. The van der Waals surface area contributed by atoms with Crippen molar-refractivity contribution < 1.29 is 27.6 Å². The molecule has 0 radical (unpaired) electrons. The molecule has 1 aliphatic rings. The minimum Gasteiger partial charge on any atom is -0.482 e. The van der Waals surface area contributed by atoms with E-state index in [1.54, 1.807) is 6.92 Å². The van der Waals surface area contributed by atoms with Crippen LogP contribution < -0.4 is 15.6 Å². The molecule has 0 bridgehead atoms. The quantitative estimate of drug-likeness (QED) is 0.421. The minimum atomic E-state index is -4.75. The maximum absolute atomic E-state index is 13.3. The van der Waals surface area contributed by atoms with Crippen LogP contribution in [0.1, 0.15) is 30.5 Å². The van der Waals surface area contributed by atoms with Crippen molar-refractivity contribution in [3.05, 3.63) is 62.2 Å². The molecule has 1 aliphatic heterocycles. The van der Waals surface area contributed by atoms with Crippen LogP contribution in [0.3, 0.4) is 0 Å². The number of anilines is 1. The van der Waals surface area contributed by atoms with Crippen molar-refractivity contribution in [1.29, 1.82) is 0 Å². The number of rotatable bonds is 6. The lowest BCUT2D eigenvalue weighted by Crippen LogP contribution is -2.25. The smallest absolute Gasteiger partial charge is 0.416 e. The Morgan fingerprint density at radius 1 is 1.29 bits per heavy atom. The lowest BCUT2D eigenvalue weighted by atomic mass is 10.0. The molecule has 1 N–H and O–H groups in total. The van der Waals surface area contributed by atoms with Gasteiger partial charge in [-0.05, 0) is 18.6 Å². The first kappa shape index (κ1) is 23.4. The van der Waals surface area contributed by atoms with Gasteiger partial charge in [0, 0.05) is 31.7 Å². The number of nitro groups is 1. The first-order chi connectivity index (χ1) is 16.0. The summed E-state index contributed by atoms with van der Waals surface area (Å²) in [4.78, 5) is 31.3. The molecule has 1 saturated heterocycles. The monoisotopic (exact) mass is 479 g/mol. The number of aromatic nitrogens is 3. The number of hydrogen-bond acceptors (Lipinski definition) is 8. The van der Waals surface area contributed by atoms with Crippen molar-refractivity contribution >= 4 is 22.5 Å².